The average molecular weight is 1000 g/mol. The van der Waals surface area contributed by atoms with Crippen LogP contribution in [0.2, 0.25) is 0 Å². The second kappa shape index (κ2) is 17.7. The molecule has 3 aromatic heterocycles. The van der Waals surface area contributed by atoms with Crippen molar-refractivity contribution in [1.29, 1.82) is 0 Å². The average Bonchev–Trinajstić information content (AvgIpc) is 1.55. The molecule has 12 aromatic carbocycles. The third-order valence-corrected chi connectivity index (χ3v) is 19.3. The molecule has 15 aromatic rings. The van der Waals surface area contributed by atoms with E-state index in [1.807, 2.05) is 133 Å². The molecule has 0 spiro atoms. The molecule has 15 rings (SSSR count). The van der Waals surface area contributed by atoms with E-state index >= 15 is 0 Å². The van der Waals surface area contributed by atoms with Crippen LogP contribution in [0.25, 0.3) is 105 Å². The number of hydrogen-bond acceptors (Lipinski definition) is 0. The van der Waals surface area contributed by atoms with Crippen molar-refractivity contribution in [1.82, 2.24) is 13.7 Å². The van der Waals surface area contributed by atoms with E-state index in [1.165, 1.54) is 4.57 Å². The Morgan fingerprint density at radius 2 is 0.737 bits per heavy atom. The Morgan fingerprint density at radius 1 is 0.250 bits per heavy atom. The number of para-hydroxylation sites is 4. The molecular formula is C72H49N3Si. The van der Waals surface area contributed by atoms with Crippen LogP contribution in [0.5, 0.6) is 0 Å². The first-order chi connectivity index (χ1) is 45.6. The van der Waals surface area contributed by atoms with E-state index in [4.69, 9.17) is 11.0 Å². The van der Waals surface area contributed by atoms with Gasteiger partial charge in [0.1, 0.15) is 0 Å². The summed E-state index contributed by atoms with van der Waals surface area (Å²) in [6.45, 7) is 0. The summed E-state index contributed by atoms with van der Waals surface area (Å²) in [6.07, 6.45) is 0. The number of fused-ring (bicyclic) bond motifs is 9. The lowest BCUT2D eigenvalue weighted by Gasteiger charge is -2.34. The van der Waals surface area contributed by atoms with Gasteiger partial charge in [0.15, 0.2) is 8.07 Å². The predicted molar refractivity (Wildman–Crippen MR) is 324 cm³/mol. The lowest BCUT2D eigenvalue weighted by molar-refractivity contribution is 1.13. The molecule has 3 nitrogen and oxygen atoms in total. The van der Waals surface area contributed by atoms with Crippen LogP contribution < -0.4 is 20.7 Å². The minimum atomic E-state index is -3.20. The summed E-state index contributed by atoms with van der Waals surface area (Å²) in [5.41, 5.74) is 0.500. The topological polar surface area (TPSA) is 14.8 Å². The number of aromatic nitrogens is 3. The molecule has 3 heterocycles. The van der Waals surface area contributed by atoms with Crippen molar-refractivity contribution in [2.75, 3.05) is 0 Å². The minimum Gasteiger partial charge on any atom is -0.309 e. The van der Waals surface area contributed by atoms with E-state index in [2.05, 4.69) is 53.1 Å². The maximum atomic E-state index is 10.7. The quantitative estimate of drug-likeness (QED) is 0.101. The lowest BCUT2D eigenvalue weighted by atomic mass is 10.0. The monoisotopic (exact) mass is 1000 g/mol. The summed E-state index contributed by atoms with van der Waals surface area (Å²) in [5, 5.41) is 4.89. The highest BCUT2D eigenvalue weighted by Crippen LogP contribution is 2.41. The zero-order valence-electron chi connectivity index (χ0n) is 59.2. The van der Waals surface area contributed by atoms with Crippen LogP contribution in [0.3, 0.4) is 0 Å². The Balaban J connectivity index is 1.11. The van der Waals surface area contributed by atoms with Gasteiger partial charge in [0.2, 0.25) is 0 Å². The largest absolute Gasteiger partial charge is 0.309 e. The SMILES string of the molecule is [2H]c1c([2H])c([2H])c(-c2c([2H])c([2H])c3c(c2[2H])c2c([2H])c([2H])c([2H])c([2H])c2n3-c2c([2H])c([2H])c3c4c([2H])c([2H])c([2H])c([2H])c4n(-c4cc(-c5cccc([Si](c6ccccc6)(c6ccccc6)c6ccccc6)c5)cc(-n5c6ccccc6c6ccccc65)c4)c3c2[2H])c([2H])c1[2H]. The Bertz CT molecular complexity index is 5670. The van der Waals surface area contributed by atoms with E-state index in [9.17, 15) is 15.1 Å². The molecule has 0 fully saturated rings. The second-order valence-corrected chi connectivity index (χ2v) is 22.4. The standard InChI is InChI=1S/C72H49N3Si/c1-5-22-50(23-6-1)52-40-43-71-66(47-52)64-35-16-20-39-70(64)73(71)54-41-42-65-63-34-15-19-38-69(63)75(72(65)49-54)56-45-53(44-55(48-56)74-67-36-17-13-32-61(67)62-33-14-18-37-68(62)74)51-24-21-31-60(46-51)76(57-25-7-2-8-26-57,58-27-9-3-10-28-58)59-29-11-4-12-30-59/h1-49H/i1D,5D,6D,15D,16D,19D,20D,22D,23D,34D,35D,38D,39D,40D,41D,42D,43D,47D,49D. The van der Waals surface area contributed by atoms with Crippen LogP contribution in [0.1, 0.15) is 26.0 Å². The second-order valence-electron chi connectivity index (χ2n) is 18.6. The van der Waals surface area contributed by atoms with Gasteiger partial charge < -0.3 is 13.7 Å². The van der Waals surface area contributed by atoms with Crippen molar-refractivity contribution >= 4 is 94.2 Å². The molecule has 0 aliphatic carbocycles. The molecule has 356 valence electrons. The smallest absolute Gasteiger partial charge is 0.179 e. The van der Waals surface area contributed by atoms with Crippen LogP contribution in [-0.4, -0.2) is 21.8 Å². The molecule has 0 amide bonds. The third-order valence-electron chi connectivity index (χ3n) is 14.5. The Kier molecular flexibility index (Phi) is 6.68. The molecule has 0 saturated carbocycles. The van der Waals surface area contributed by atoms with Gasteiger partial charge in [-0.05, 0) is 110 Å². The Hall–Kier alpha value is -9.74. The molecule has 4 heteroatoms. The van der Waals surface area contributed by atoms with Gasteiger partial charge in [-0.25, -0.2) is 0 Å². The summed E-state index contributed by atoms with van der Waals surface area (Å²) in [5.74, 6) is 0. The highest BCUT2D eigenvalue weighted by Gasteiger charge is 2.41. The maximum Gasteiger partial charge on any atom is 0.179 e. The molecule has 0 radical (unpaired) electrons. The first kappa shape index (κ1) is 28.6. The molecule has 0 saturated heterocycles. The fourth-order valence-electron chi connectivity index (χ4n) is 11.3. The van der Waals surface area contributed by atoms with Crippen LogP contribution >= 0.6 is 0 Å². The van der Waals surface area contributed by atoms with E-state index in [0.717, 1.165) is 52.7 Å². The number of nitrogens with zero attached hydrogens (tertiary/aromatic N) is 3. The molecule has 0 aliphatic rings. The highest BCUT2D eigenvalue weighted by atomic mass is 28.3. The fraction of sp³-hybridized carbons (Fsp3) is 0. The Morgan fingerprint density at radius 3 is 1.36 bits per heavy atom. The summed E-state index contributed by atoms with van der Waals surface area (Å²) < 4.78 is 183. The molecular weight excluding hydrogens is 935 g/mol. The van der Waals surface area contributed by atoms with Crippen molar-refractivity contribution in [2.24, 2.45) is 0 Å². The number of hydrogen-bond donors (Lipinski definition) is 0. The summed E-state index contributed by atoms with van der Waals surface area (Å²) >= 11 is 0. The van der Waals surface area contributed by atoms with Gasteiger partial charge in [-0.3, -0.25) is 0 Å². The number of benzene rings is 12. The van der Waals surface area contributed by atoms with Gasteiger partial charge in [0.05, 0.1) is 59.1 Å². The van der Waals surface area contributed by atoms with E-state index in [1.54, 1.807) is 0 Å². The fourth-order valence-corrected chi connectivity index (χ4v) is 16.1. The maximum absolute atomic E-state index is 10.7. The molecule has 76 heavy (non-hydrogen) atoms. The molecule has 0 atom stereocenters. The zero-order valence-corrected chi connectivity index (χ0v) is 41.2. The number of rotatable bonds is 9. The van der Waals surface area contributed by atoms with Gasteiger partial charge in [-0.2, -0.15) is 0 Å². The molecule has 0 unspecified atom stereocenters. The van der Waals surface area contributed by atoms with Gasteiger partial charge in [0.25, 0.3) is 0 Å². The minimum absolute atomic E-state index is 0.178. The summed E-state index contributed by atoms with van der Waals surface area (Å²) in [6, 6.07) is 46.9. The predicted octanol–water partition coefficient (Wildman–Crippen LogP) is 15.7. The summed E-state index contributed by atoms with van der Waals surface area (Å²) in [7, 11) is -3.20. The normalized spacial score (nSPS) is 15.4. The van der Waals surface area contributed by atoms with Gasteiger partial charge >= 0.3 is 0 Å². The van der Waals surface area contributed by atoms with E-state index in [0.29, 0.717) is 11.3 Å². The molecule has 0 aliphatic heterocycles. The van der Waals surface area contributed by atoms with Gasteiger partial charge in [-0.15, -0.1) is 0 Å². The first-order valence-corrected chi connectivity index (χ1v) is 26.7. The highest BCUT2D eigenvalue weighted by molar-refractivity contribution is 7.19. The van der Waals surface area contributed by atoms with Crippen LogP contribution in [0.15, 0.2) is 297 Å². The van der Waals surface area contributed by atoms with Crippen LogP contribution in [0.4, 0.5) is 0 Å². The molecule has 0 bridgehead atoms. The summed E-state index contributed by atoms with van der Waals surface area (Å²) in [4.78, 5) is 0. The van der Waals surface area contributed by atoms with Crippen LogP contribution in [0, 0.1) is 0 Å². The van der Waals surface area contributed by atoms with Crippen LogP contribution in [-0.2, 0) is 0 Å². The zero-order chi connectivity index (χ0) is 66.7. The van der Waals surface area contributed by atoms with Gasteiger partial charge in [0, 0.05) is 49.4 Å². The van der Waals surface area contributed by atoms with Crippen molar-refractivity contribution in [3.8, 4) is 39.3 Å². The van der Waals surface area contributed by atoms with Crippen molar-refractivity contribution in [2.45, 2.75) is 0 Å². The van der Waals surface area contributed by atoms with Crippen molar-refractivity contribution in [3.05, 3.63) is 297 Å². The van der Waals surface area contributed by atoms with Gasteiger partial charge in [-0.1, -0.05) is 230 Å². The van der Waals surface area contributed by atoms with Crippen molar-refractivity contribution in [3.63, 3.8) is 0 Å². The van der Waals surface area contributed by atoms with E-state index in [-0.39, 0.29) is 27.5 Å². The third kappa shape index (κ3) is 6.81. The Labute approximate surface area is 468 Å². The molecule has 0 N–H and O–H groups in total. The first-order valence-electron chi connectivity index (χ1n) is 34.2. The van der Waals surface area contributed by atoms with Crippen molar-refractivity contribution < 1.29 is 26.0 Å². The van der Waals surface area contributed by atoms with E-state index < -0.39 is 161 Å². The lowest BCUT2D eigenvalue weighted by Crippen LogP contribution is -2.74.